The van der Waals surface area contributed by atoms with Crippen LogP contribution in [-0.4, -0.2) is 54.4 Å². The lowest BCUT2D eigenvalue weighted by Gasteiger charge is -2.34. The van der Waals surface area contributed by atoms with Gasteiger partial charge in [0.1, 0.15) is 11.6 Å². The van der Waals surface area contributed by atoms with E-state index in [1.54, 1.807) is 52.6 Å². The van der Waals surface area contributed by atoms with Crippen LogP contribution < -0.4 is 10.1 Å². The molecule has 1 aliphatic rings. The molecule has 9 heteroatoms. The molecule has 1 fully saturated rings. The van der Waals surface area contributed by atoms with Gasteiger partial charge in [0.15, 0.2) is 6.61 Å². The summed E-state index contributed by atoms with van der Waals surface area (Å²) in [4.78, 5) is 30.6. The van der Waals surface area contributed by atoms with E-state index in [0.717, 1.165) is 24.0 Å². The maximum atomic E-state index is 13.7. The number of rotatable bonds is 7. The summed E-state index contributed by atoms with van der Waals surface area (Å²) >= 11 is 7.58. The van der Waals surface area contributed by atoms with Gasteiger partial charge < -0.3 is 15.0 Å². The second-order valence-electron chi connectivity index (χ2n) is 7.59. The van der Waals surface area contributed by atoms with Crippen molar-refractivity contribution in [2.75, 3.05) is 38.1 Å². The summed E-state index contributed by atoms with van der Waals surface area (Å²) in [6, 6.07) is 16.7. The molecule has 0 radical (unpaired) electrons. The number of halogens is 2. The zero-order valence-electron chi connectivity index (χ0n) is 17.8. The van der Waals surface area contributed by atoms with E-state index in [0.29, 0.717) is 24.4 Å². The first-order valence-electron chi connectivity index (χ1n) is 10.5. The van der Waals surface area contributed by atoms with Crippen LogP contribution in [0.2, 0.25) is 4.34 Å². The van der Waals surface area contributed by atoms with Gasteiger partial charge in [0.2, 0.25) is 0 Å². The fraction of sp³-hybridized carbons (Fsp3) is 0.250. The Bertz CT molecular complexity index is 1130. The van der Waals surface area contributed by atoms with Crippen LogP contribution in [0, 0.1) is 5.82 Å². The second kappa shape index (κ2) is 10.8. The molecule has 0 aliphatic carbocycles. The molecule has 0 unspecified atom stereocenters. The molecule has 1 aliphatic heterocycles. The molecule has 1 saturated heterocycles. The van der Waals surface area contributed by atoms with Gasteiger partial charge in [0.05, 0.1) is 15.6 Å². The fourth-order valence-electron chi connectivity index (χ4n) is 3.60. The molecule has 33 heavy (non-hydrogen) atoms. The van der Waals surface area contributed by atoms with Crippen molar-refractivity contribution in [2.45, 2.75) is 6.54 Å². The van der Waals surface area contributed by atoms with E-state index in [1.165, 1.54) is 17.0 Å². The highest BCUT2D eigenvalue weighted by Gasteiger charge is 2.24. The quantitative estimate of drug-likeness (QED) is 0.532. The summed E-state index contributed by atoms with van der Waals surface area (Å²) in [6.07, 6.45) is 0. The number of nitrogens with zero attached hydrogens (tertiary/aromatic N) is 2. The first-order chi connectivity index (χ1) is 16.0. The van der Waals surface area contributed by atoms with Gasteiger partial charge in [-0.1, -0.05) is 35.9 Å². The third-order valence-electron chi connectivity index (χ3n) is 5.29. The Morgan fingerprint density at radius 1 is 1.00 bits per heavy atom. The lowest BCUT2D eigenvalue weighted by atomic mass is 10.1. The van der Waals surface area contributed by atoms with E-state index >= 15 is 0 Å². The lowest BCUT2D eigenvalue weighted by molar-refractivity contribution is -0.118. The number of anilines is 1. The van der Waals surface area contributed by atoms with Crippen molar-refractivity contribution >= 4 is 40.4 Å². The summed E-state index contributed by atoms with van der Waals surface area (Å²) in [5.41, 5.74) is 0.479. The average Bonchev–Trinajstić information content (AvgIpc) is 3.24. The van der Waals surface area contributed by atoms with Crippen molar-refractivity contribution in [1.29, 1.82) is 0 Å². The molecule has 2 heterocycles. The number of ether oxygens (including phenoxy) is 1. The summed E-state index contributed by atoms with van der Waals surface area (Å²) in [6.45, 7) is 3.19. The van der Waals surface area contributed by atoms with Gasteiger partial charge in [0, 0.05) is 37.6 Å². The molecule has 0 spiro atoms. The van der Waals surface area contributed by atoms with Crippen LogP contribution in [0.25, 0.3) is 0 Å². The normalized spacial score (nSPS) is 14.2. The van der Waals surface area contributed by atoms with Gasteiger partial charge >= 0.3 is 0 Å². The van der Waals surface area contributed by atoms with E-state index in [-0.39, 0.29) is 18.2 Å². The zero-order valence-corrected chi connectivity index (χ0v) is 19.4. The number of para-hydroxylation sites is 2. The fourth-order valence-corrected chi connectivity index (χ4v) is 4.73. The second-order valence-corrected chi connectivity index (χ2v) is 9.39. The molecule has 0 bridgehead atoms. The molecule has 4 rings (SSSR count). The number of hydrogen-bond acceptors (Lipinski definition) is 5. The van der Waals surface area contributed by atoms with Crippen molar-refractivity contribution in [1.82, 2.24) is 9.80 Å². The van der Waals surface area contributed by atoms with Crippen LogP contribution in [0.3, 0.4) is 0 Å². The highest BCUT2D eigenvalue weighted by atomic mass is 35.5. The average molecular weight is 488 g/mol. The molecule has 0 saturated carbocycles. The van der Waals surface area contributed by atoms with Gasteiger partial charge in [-0.2, -0.15) is 0 Å². The van der Waals surface area contributed by atoms with Crippen LogP contribution in [0.4, 0.5) is 10.1 Å². The Balaban J connectivity index is 1.32. The monoisotopic (exact) mass is 487 g/mol. The van der Waals surface area contributed by atoms with E-state index in [1.807, 2.05) is 12.1 Å². The Hall–Kier alpha value is -2.94. The molecule has 2 amide bonds. The van der Waals surface area contributed by atoms with Crippen molar-refractivity contribution in [3.05, 3.63) is 81.3 Å². The molecule has 0 atom stereocenters. The molecule has 2 aromatic carbocycles. The van der Waals surface area contributed by atoms with E-state index in [2.05, 4.69) is 10.2 Å². The van der Waals surface area contributed by atoms with Gasteiger partial charge in [-0.15, -0.1) is 11.3 Å². The van der Waals surface area contributed by atoms with Crippen LogP contribution in [0.1, 0.15) is 15.2 Å². The van der Waals surface area contributed by atoms with Crippen LogP contribution in [0.5, 0.6) is 5.75 Å². The third kappa shape index (κ3) is 6.10. The highest BCUT2D eigenvalue weighted by Crippen LogP contribution is 2.24. The minimum Gasteiger partial charge on any atom is -0.483 e. The number of nitrogens with one attached hydrogen (secondary N) is 1. The van der Waals surface area contributed by atoms with Gasteiger partial charge in [0.25, 0.3) is 11.8 Å². The van der Waals surface area contributed by atoms with Crippen molar-refractivity contribution in [3.63, 3.8) is 0 Å². The first kappa shape index (κ1) is 23.2. The van der Waals surface area contributed by atoms with Crippen LogP contribution in [0.15, 0.2) is 60.7 Å². The van der Waals surface area contributed by atoms with Gasteiger partial charge in [-0.3, -0.25) is 14.5 Å². The highest BCUT2D eigenvalue weighted by molar-refractivity contribution is 7.16. The Labute approximate surface area is 200 Å². The number of piperazine rings is 1. The van der Waals surface area contributed by atoms with E-state index in [9.17, 15) is 14.0 Å². The number of benzene rings is 2. The Morgan fingerprint density at radius 2 is 1.73 bits per heavy atom. The van der Waals surface area contributed by atoms with E-state index < -0.39 is 11.7 Å². The third-order valence-corrected chi connectivity index (χ3v) is 6.51. The van der Waals surface area contributed by atoms with Crippen molar-refractivity contribution in [2.24, 2.45) is 0 Å². The van der Waals surface area contributed by atoms with E-state index in [4.69, 9.17) is 16.3 Å². The SMILES string of the molecule is O=C(COc1ccccc1C(=O)N1CCN(Cc2ccc(Cl)s2)CC1)Nc1ccccc1F. The number of amides is 2. The van der Waals surface area contributed by atoms with Crippen LogP contribution >= 0.6 is 22.9 Å². The summed E-state index contributed by atoms with van der Waals surface area (Å²) < 4.78 is 20.1. The molecule has 1 aromatic heterocycles. The molecule has 172 valence electrons. The minimum absolute atomic E-state index is 0.0816. The largest absolute Gasteiger partial charge is 0.483 e. The maximum absolute atomic E-state index is 13.7. The molecule has 1 N–H and O–H groups in total. The van der Waals surface area contributed by atoms with Gasteiger partial charge in [-0.05, 0) is 36.4 Å². The molecule has 3 aromatic rings. The van der Waals surface area contributed by atoms with Crippen molar-refractivity contribution < 1.29 is 18.7 Å². The molecular weight excluding hydrogens is 465 g/mol. The molecular formula is C24H23ClFN3O3S. The number of hydrogen-bond donors (Lipinski definition) is 1. The topological polar surface area (TPSA) is 61.9 Å². The smallest absolute Gasteiger partial charge is 0.262 e. The summed E-state index contributed by atoms with van der Waals surface area (Å²) in [5, 5.41) is 2.47. The zero-order chi connectivity index (χ0) is 23.2. The summed E-state index contributed by atoms with van der Waals surface area (Å²) in [5.74, 6) is -0.854. The first-order valence-corrected chi connectivity index (χ1v) is 11.7. The maximum Gasteiger partial charge on any atom is 0.262 e. The lowest BCUT2D eigenvalue weighted by Crippen LogP contribution is -2.48. The van der Waals surface area contributed by atoms with Crippen molar-refractivity contribution in [3.8, 4) is 5.75 Å². The minimum atomic E-state index is -0.525. The predicted octanol–water partition coefficient (Wildman–Crippen LogP) is 4.52. The summed E-state index contributed by atoms with van der Waals surface area (Å²) in [7, 11) is 0. The number of thiophene rings is 1. The van der Waals surface area contributed by atoms with Gasteiger partial charge in [-0.25, -0.2) is 4.39 Å². The number of carbonyl (C=O) groups excluding carboxylic acids is 2. The molecule has 6 nitrogen and oxygen atoms in total. The van der Waals surface area contributed by atoms with Crippen LogP contribution in [-0.2, 0) is 11.3 Å². The Kier molecular flexibility index (Phi) is 7.59. The standard InChI is InChI=1S/C24H23ClFN3O3S/c25-22-10-9-17(33-22)15-28-11-13-29(14-12-28)24(31)18-5-1-4-8-21(18)32-16-23(30)27-20-7-3-2-6-19(20)26/h1-10H,11-16H2,(H,27,30). The Morgan fingerprint density at radius 3 is 2.45 bits per heavy atom. The number of carbonyl (C=O) groups is 2. The predicted molar refractivity (Wildman–Crippen MR) is 127 cm³/mol.